The van der Waals surface area contributed by atoms with Crippen LogP contribution >= 0.6 is 11.6 Å². The Labute approximate surface area is 115 Å². The van der Waals surface area contributed by atoms with E-state index in [-0.39, 0.29) is 6.54 Å². The van der Waals surface area contributed by atoms with Gasteiger partial charge in [0.15, 0.2) is 11.5 Å². The van der Waals surface area contributed by atoms with Crippen molar-refractivity contribution in [2.45, 2.75) is 6.04 Å². The molecule has 2 rings (SSSR count). The molecule has 5 nitrogen and oxygen atoms in total. The molecular formula is C13H12ClNO4. The van der Waals surface area contributed by atoms with Crippen molar-refractivity contribution in [2.24, 2.45) is 0 Å². The molecule has 19 heavy (non-hydrogen) atoms. The Morgan fingerprint density at radius 1 is 1.53 bits per heavy atom. The van der Waals surface area contributed by atoms with Crippen LogP contribution in [0.3, 0.4) is 0 Å². The summed E-state index contributed by atoms with van der Waals surface area (Å²) in [6, 6.07) is 2.20. The molecule has 1 unspecified atom stereocenters. The van der Waals surface area contributed by atoms with Gasteiger partial charge in [-0.15, -0.1) is 6.42 Å². The lowest BCUT2D eigenvalue weighted by Crippen LogP contribution is -2.29. The van der Waals surface area contributed by atoms with E-state index in [1.807, 2.05) is 0 Å². The fourth-order valence-corrected chi connectivity index (χ4v) is 2.08. The number of carboxylic acid groups (broad SMARTS) is 1. The van der Waals surface area contributed by atoms with E-state index in [1.54, 1.807) is 6.07 Å². The first-order valence-electron chi connectivity index (χ1n) is 5.62. The minimum atomic E-state index is -1.04. The highest BCUT2D eigenvalue weighted by atomic mass is 35.5. The largest absolute Gasteiger partial charge is 0.486 e. The van der Waals surface area contributed by atoms with Crippen LogP contribution in [-0.2, 0) is 4.79 Å². The number of hydrogen-bond donors (Lipinski definition) is 2. The molecule has 0 amide bonds. The Morgan fingerprint density at radius 3 is 2.95 bits per heavy atom. The summed E-state index contributed by atoms with van der Waals surface area (Å²) in [5.41, 5.74) is 0.469. The maximum atomic E-state index is 11.2. The molecule has 6 heteroatoms. The Bertz CT molecular complexity index is 538. The van der Waals surface area contributed by atoms with Crippen LogP contribution in [0.15, 0.2) is 12.1 Å². The number of benzene rings is 1. The molecule has 0 fully saturated rings. The van der Waals surface area contributed by atoms with Crippen molar-refractivity contribution in [3.8, 4) is 23.8 Å². The summed E-state index contributed by atoms with van der Waals surface area (Å²) in [5.74, 6) is 2.19. The lowest BCUT2D eigenvalue weighted by Gasteiger charge is -2.22. The molecule has 1 heterocycles. The van der Waals surface area contributed by atoms with Crippen molar-refractivity contribution in [2.75, 3.05) is 19.8 Å². The van der Waals surface area contributed by atoms with E-state index in [1.165, 1.54) is 6.07 Å². The zero-order valence-corrected chi connectivity index (χ0v) is 10.7. The summed E-state index contributed by atoms with van der Waals surface area (Å²) in [6.45, 7) is 0.967. The van der Waals surface area contributed by atoms with Crippen molar-refractivity contribution in [1.82, 2.24) is 5.32 Å². The SMILES string of the molecule is C#CCNC(C(=O)O)c1cc(Cl)c2c(c1)OCCO2. The summed E-state index contributed by atoms with van der Waals surface area (Å²) in [4.78, 5) is 11.2. The van der Waals surface area contributed by atoms with E-state index in [4.69, 9.17) is 27.5 Å². The fraction of sp³-hybridized carbons (Fsp3) is 0.308. The zero-order chi connectivity index (χ0) is 13.8. The third-order valence-electron chi connectivity index (χ3n) is 2.61. The first-order valence-corrected chi connectivity index (χ1v) is 6.00. The lowest BCUT2D eigenvalue weighted by atomic mass is 10.1. The molecule has 0 aromatic heterocycles. The Kier molecular flexibility index (Phi) is 4.15. The summed E-state index contributed by atoms with van der Waals surface area (Å²) in [6.07, 6.45) is 5.12. The molecule has 1 aliphatic rings. The van der Waals surface area contributed by atoms with Crippen LogP contribution in [-0.4, -0.2) is 30.8 Å². The molecule has 0 bridgehead atoms. The van der Waals surface area contributed by atoms with Crippen molar-refractivity contribution in [1.29, 1.82) is 0 Å². The van der Waals surface area contributed by atoms with Crippen molar-refractivity contribution < 1.29 is 19.4 Å². The number of rotatable bonds is 4. The van der Waals surface area contributed by atoms with E-state index in [9.17, 15) is 9.90 Å². The number of ether oxygens (including phenoxy) is 2. The van der Waals surface area contributed by atoms with Crippen molar-refractivity contribution >= 4 is 17.6 Å². The zero-order valence-electron chi connectivity index (χ0n) is 9.98. The Hall–Kier alpha value is -1.90. The number of aliphatic carboxylic acids is 1. The van der Waals surface area contributed by atoms with Crippen LogP contribution in [0.1, 0.15) is 11.6 Å². The van der Waals surface area contributed by atoms with Gasteiger partial charge in [-0.25, -0.2) is 0 Å². The van der Waals surface area contributed by atoms with Gasteiger partial charge < -0.3 is 14.6 Å². The highest BCUT2D eigenvalue weighted by Gasteiger charge is 2.24. The van der Waals surface area contributed by atoms with Crippen molar-refractivity contribution in [3.05, 3.63) is 22.7 Å². The number of hydrogen-bond acceptors (Lipinski definition) is 4. The predicted octanol–water partition coefficient (Wildman–Crippen LogP) is 1.46. The maximum absolute atomic E-state index is 11.2. The number of carboxylic acids is 1. The molecule has 1 atom stereocenters. The van der Waals surface area contributed by atoms with Crippen LogP contribution in [0.2, 0.25) is 5.02 Å². The summed E-state index contributed by atoms with van der Waals surface area (Å²) in [5, 5.41) is 12.3. The molecule has 1 aliphatic heterocycles. The highest BCUT2D eigenvalue weighted by molar-refractivity contribution is 6.32. The van der Waals surface area contributed by atoms with Crippen LogP contribution in [0.4, 0.5) is 0 Å². The molecule has 0 spiro atoms. The van der Waals surface area contributed by atoms with Gasteiger partial charge in [-0.2, -0.15) is 0 Å². The summed E-state index contributed by atoms with van der Waals surface area (Å²) < 4.78 is 10.8. The van der Waals surface area contributed by atoms with E-state index in [0.29, 0.717) is 35.3 Å². The Morgan fingerprint density at radius 2 is 2.26 bits per heavy atom. The lowest BCUT2D eigenvalue weighted by molar-refractivity contribution is -0.139. The molecule has 0 saturated heterocycles. The van der Waals surface area contributed by atoms with Crippen LogP contribution < -0.4 is 14.8 Å². The fourth-order valence-electron chi connectivity index (χ4n) is 1.81. The second-order valence-corrected chi connectivity index (χ2v) is 4.29. The monoisotopic (exact) mass is 281 g/mol. The topological polar surface area (TPSA) is 67.8 Å². The minimum Gasteiger partial charge on any atom is -0.486 e. The van der Waals surface area contributed by atoms with Crippen molar-refractivity contribution in [3.63, 3.8) is 0 Å². The second kappa shape index (κ2) is 5.83. The van der Waals surface area contributed by atoms with E-state index < -0.39 is 12.0 Å². The molecule has 1 aromatic carbocycles. The van der Waals surface area contributed by atoms with Gasteiger partial charge in [0.1, 0.15) is 19.3 Å². The van der Waals surface area contributed by atoms with Gasteiger partial charge in [-0.3, -0.25) is 10.1 Å². The number of fused-ring (bicyclic) bond motifs is 1. The van der Waals surface area contributed by atoms with E-state index >= 15 is 0 Å². The summed E-state index contributed by atoms with van der Waals surface area (Å²) in [7, 11) is 0. The molecule has 0 radical (unpaired) electrons. The number of terminal acetylenes is 1. The predicted molar refractivity (Wildman–Crippen MR) is 69.7 cm³/mol. The van der Waals surface area contributed by atoms with Gasteiger partial charge >= 0.3 is 5.97 Å². The first kappa shape index (κ1) is 13.5. The third kappa shape index (κ3) is 2.92. The molecule has 0 saturated carbocycles. The number of carbonyl (C=O) groups is 1. The molecule has 1 aromatic rings. The molecular weight excluding hydrogens is 270 g/mol. The second-order valence-electron chi connectivity index (χ2n) is 3.88. The van der Waals surface area contributed by atoms with E-state index in [0.717, 1.165) is 0 Å². The smallest absolute Gasteiger partial charge is 0.325 e. The minimum absolute atomic E-state index is 0.142. The van der Waals surface area contributed by atoms with E-state index in [2.05, 4.69) is 11.2 Å². The van der Waals surface area contributed by atoms with Gasteiger partial charge in [0.05, 0.1) is 11.6 Å². The maximum Gasteiger partial charge on any atom is 0.325 e. The standard InChI is InChI=1S/C13H12ClNO4/c1-2-3-15-11(13(16)17)8-6-9(14)12-10(7-8)18-4-5-19-12/h1,6-7,11,15H,3-5H2,(H,16,17). The quantitative estimate of drug-likeness (QED) is 0.818. The van der Waals surface area contributed by atoms with Gasteiger partial charge in [0.2, 0.25) is 0 Å². The van der Waals surface area contributed by atoms with Crippen LogP contribution in [0.25, 0.3) is 0 Å². The number of nitrogens with one attached hydrogen (secondary N) is 1. The Balaban J connectivity index is 2.35. The molecule has 2 N–H and O–H groups in total. The average Bonchev–Trinajstić information content (AvgIpc) is 2.39. The highest BCUT2D eigenvalue weighted by Crippen LogP contribution is 2.39. The number of halogens is 1. The van der Waals surface area contributed by atoms with Gasteiger partial charge in [-0.05, 0) is 17.7 Å². The summed E-state index contributed by atoms with van der Waals surface area (Å²) >= 11 is 6.06. The van der Waals surface area contributed by atoms with Gasteiger partial charge in [0.25, 0.3) is 0 Å². The molecule has 0 aliphatic carbocycles. The van der Waals surface area contributed by atoms with Crippen LogP contribution in [0, 0.1) is 12.3 Å². The van der Waals surface area contributed by atoms with Crippen LogP contribution in [0.5, 0.6) is 11.5 Å². The molecule has 100 valence electrons. The normalized spacial score (nSPS) is 14.5. The third-order valence-corrected chi connectivity index (χ3v) is 2.89. The first-order chi connectivity index (χ1) is 9.13. The average molecular weight is 282 g/mol. The van der Waals surface area contributed by atoms with Gasteiger partial charge in [0, 0.05) is 0 Å². The van der Waals surface area contributed by atoms with Gasteiger partial charge in [-0.1, -0.05) is 17.5 Å².